The van der Waals surface area contributed by atoms with Gasteiger partial charge in [0.2, 0.25) is 0 Å². The molecule has 3 nitrogen and oxygen atoms in total. The first kappa shape index (κ1) is 12.4. The second-order valence-corrected chi connectivity index (χ2v) is 4.52. The zero-order valence-electron chi connectivity index (χ0n) is 10.9. The van der Waals surface area contributed by atoms with E-state index in [0.29, 0.717) is 17.9 Å². The number of nitrogens with one attached hydrogen (secondary N) is 1. The Balaban J connectivity index is 2.03. The van der Waals surface area contributed by atoms with Gasteiger partial charge >= 0.3 is 0 Å². The Kier molecular flexibility index (Phi) is 3.51. The van der Waals surface area contributed by atoms with Crippen LogP contribution in [0.3, 0.4) is 0 Å². The summed E-state index contributed by atoms with van der Waals surface area (Å²) in [5.41, 5.74) is 3.82. The minimum absolute atomic E-state index is 0.0840. The Bertz CT molecular complexity index is 533. The van der Waals surface area contributed by atoms with Crippen LogP contribution in [0.15, 0.2) is 34.9 Å². The van der Waals surface area contributed by atoms with Crippen LogP contribution in [0.5, 0.6) is 0 Å². The van der Waals surface area contributed by atoms with Crippen molar-refractivity contribution in [2.45, 2.75) is 27.3 Å². The smallest absolute Gasteiger partial charge is 0.255 e. The van der Waals surface area contributed by atoms with Gasteiger partial charge in [-0.3, -0.25) is 4.79 Å². The molecule has 1 aromatic carbocycles. The van der Waals surface area contributed by atoms with Crippen molar-refractivity contribution >= 4 is 5.91 Å². The van der Waals surface area contributed by atoms with Crippen molar-refractivity contribution < 1.29 is 9.21 Å². The van der Waals surface area contributed by atoms with Crippen LogP contribution >= 0.6 is 0 Å². The van der Waals surface area contributed by atoms with E-state index in [9.17, 15) is 4.79 Å². The second kappa shape index (κ2) is 5.08. The van der Waals surface area contributed by atoms with Gasteiger partial charge in [-0.25, -0.2) is 0 Å². The first-order valence-electron chi connectivity index (χ1n) is 5.96. The van der Waals surface area contributed by atoms with Gasteiger partial charge in [0, 0.05) is 12.1 Å². The van der Waals surface area contributed by atoms with Crippen LogP contribution < -0.4 is 5.32 Å². The Morgan fingerprint density at radius 3 is 2.39 bits per heavy atom. The molecule has 2 aromatic rings. The molecule has 0 aliphatic carbocycles. The summed E-state index contributed by atoms with van der Waals surface area (Å²) in [6.45, 7) is 6.24. The summed E-state index contributed by atoms with van der Waals surface area (Å²) in [7, 11) is 0. The highest BCUT2D eigenvalue weighted by Gasteiger charge is 2.14. The molecule has 0 atom stereocenters. The molecule has 0 spiro atoms. The summed E-state index contributed by atoms with van der Waals surface area (Å²) in [6, 6.07) is 8.11. The Labute approximate surface area is 107 Å². The molecule has 0 fully saturated rings. The van der Waals surface area contributed by atoms with Crippen molar-refractivity contribution in [2.75, 3.05) is 0 Å². The first-order chi connectivity index (χ1) is 8.58. The van der Waals surface area contributed by atoms with Crippen molar-refractivity contribution in [2.24, 2.45) is 0 Å². The van der Waals surface area contributed by atoms with Crippen molar-refractivity contribution in [1.29, 1.82) is 0 Å². The molecule has 0 aliphatic heterocycles. The number of amides is 1. The number of carbonyl (C=O) groups excluding carboxylic acids is 1. The molecule has 0 radical (unpaired) electrons. The molecule has 0 saturated carbocycles. The number of rotatable bonds is 3. The minimum atomic E-state index is -0.0840. The van der Waals surface area contributed by atoms with E-state index in [0.717, 1.165) is 11.1 Å². The third-order valence-corrected chi connectivity index (χ3v) is 2.96. The van der Waals surface area contributed by atoms with E-state index in [1.165, 1.54) is 5.56 Å². The van der Waals surface area contributed by atoms with Crippen LogP contribution in [0.4, 0.5) is 0 Å². The normalized spacial score (nSPS) is 10.4. The van der Waals surface area contributed by atoms with E-state index in [1.807, 2.05) is 38.1 Å². The maximum Gasteiger partial charge on any atom is 0.255 e. The number of carbonyl (C=O) groups is 1. The van der Waals surface area contributed by atoms with Gasteiger partial charge in [0.25, 0.3) is 5.91 Å². The van der Waals surface area contributed by atoms with E-state index in [4.69, 9.17) is 4.42 Å². The van der Waals surface area contributed by atoms with Gasteiger partial charge in [-0.1, -0.05) is 29.8 Å². The topological polar surface area (TPSA) is 42.2 Å². The molecule has 2 rings (SSSR count). The monoisotopic (exact) mass is 243 g/mol. The molecular formula is C15H17NO2. The van der Waals surface area contributed by atoms with Crippen LogP contribution in [0.25, 0.3) is 0 Å². The average Bonchev–Trinajstić information content (AvgIpc) is 2.68. The standard InChI is InChI=1S/C15H17NO2/c1-10-4-6-13(7-5-10)8-16-15(17)14-11(2)9-18-12(14)3/h4-7,9H,8H2,1-3H3,(H,16,17). The third kappa shape index (κ3) is 2.62. The summed E-state index contributed by atoms with van der Waals surface area (Å²) in [6.07, 6.45) is 1.61. The number of hydrogen-bond acceptors (Lipinski definition) is 2. The van der Waals surface area contributed by atoms with Gasteiger partial charge in [-0.05, 0) is 26.3 Å². The fourth-order valence-electron chi connectivity index (χ4n) is 1.89. The van der Waals surface area contributed by atoms with Crippen LogP contribution in [-0.2, 0) is 6.54 Å². The van der Waals surface area contributed by atoms with Gasteiger partial charge in [-0.15, -0.1) is 0 Å². The first-order valence-corrected chi connectivity index (χ1v) is 5.96. The minimum Gasteiger partial charge on any atom is -0.469 e. The largest absolute Gasteiger partial charge is 0.469 e. The Hall–Kier alpha value is -2.03. The van der Waals surface area contributed by atoms with E-state index >= 15 is 0 Å². The van der Waals surface area contributed by atoms with E-state index in [1.54, 1.807) is 13.2 Å². The molecule has 18 heavy (non-hydrogen) atoms. The molecule has 1 aromatic heterocycles. The van der Waals surface area contributed by atoms with Crippen molar-refractivity contribution in [1.82, 2.24) is 5.32 Å². The van der Waals surface area contributed by atoms with Gasteiger partial charge in [0.05, 0.1) is 11.8 Å². The van der Waals surface area contributed by atoms with E-state index < -0.39 is 0 Å². The maximum absolute atomic E-state index is 12.0. The van der Waals surface area contributed by atoms with E-state index in [-0.39, 0.29) is 5.91 Å². The summed E-state index contributed by atoms with van der Waals surface area (Å²) in [4.78, 5) is 12.0. The predicted molar refractivity (Wildman–Crippen MR) is 70.5 cm³/mol. The zero-order valence-corrected chi connectivity index (χ0v) is 10.9. The van der Waals surface area contributed by atoms with Crippen LogP contribution in [0, 0.1) is 20.8 Å². The molecule has 0 bridgehead atoms. The highest BCUT2D eigenvalue weighted by Crippen LogP contribution is 2.15. The highest BCUT2D eigenvalue weighted by molar-refractivity contribution is 5.96. The molecule has 1 amide bonds. The van der Waals surface area contributed by atoms with E-state index in [2.05, 4.69) is 5.32 Å². The number of furan rings is 1. The van der Waals surface area contributed by atoms with Gasteiger partial charge in [-0.2, -0.15) is 0 Å². The molecule has 0 aliphatic rings. The fourth-order valence-corrected chi connectivity index (χ4v) is 1.89. The van der Waals surface area contributed by atoms with Gasteiger partial charge < -0.3 is 9.73 Å². The lowest BCUT2D eigenvalue weighted by Gasteiger charge is -2.05. The molecule has 0 unspecified atom stereocenters. The molecule has 3 heteroatoms. The number of hydrogen-bond donors (Lipinski definition) is 1. The molecule has 0 saturated heterocycles. The number of benzene rings is 1. The quantitative estimate of drug-likeness (QED) is 0.899. The second-order valence-electron chi connectivity index (χ2n) is 4.52. The highest BCUT2D eigenvalue weighted by atomic mass is 16.3. The predicted octanol–water partition coefficient (Wildman–Crippen LogP) is 3.13. The molecule has 94 valence electrons. The fraction of sp³-hybridized carbons (Fsp3) is 0.267. The summed E-state index contributed by atoms with van der Waals surface area (Å²) in [5.74, 6) is 0.577. The van der Waals surface area contributed by atoms with Crippen LogP contribution in [0.1, 0.15) is 32.8 Å². The summed E-state index contributed by atoms with van der Waals surface area (Å²) < 4.78 is 5.22. The van der Waals surface area contributed by atoms with Crippen molar-refractivity contribution in [3.05, 3.63) is 58.5 Å². The van der Waals surface area contributed by atoms with Crippen molar-refractivity contribution in [3.63, 3.8) is 0 Å². The van der Waals surface area contributed by atoms with Gasteiger partial charge in [0.1, 0.15) is 5.76 Å². The third-order valence-electron chi connectivity index (χ3n) is 2.96. The van der Waals surface area contributed by atoms with Crippen molar-refractivity contribution in [3.8, 4) is 0 Å². The number of aryl methyl sites for hydroxylation is 3. The lowest BCUT2D eigenvalue weighted by Crippen LogP contribution is -2.23. The SMILES string of the molecule is Cc1ccc(CNC(=O)c2c(C)coc2C)cc1. The van der Waals surface area contributed by atoms with Gasteiger partial charge in [0.15, 0.2) is 0 Å². The molecule has 1 heterocycles. The molecular weight excluding hydrogens is 226 g/mol. The lowest BCUT2D eigenvalue weighted by atomic mass is 10.1. The van der Waals surface area contributed by atoms with Crippen LogP contribution in [-0.4, -0.2) is 5.91 Å². The Morgan fingerprint density at radius 2 is 1.83 bits per heavy atom. The maximum atomic E-state index is 12.0. The average molecular weight is 243 g/mol. The van der Waals surface area contributed by atoms with Crippen LogP contribution in [0.2, 0.25) is 0 Å². The lowest BCUT2D eigenvalue weighted by molar-refractivity contribution is 0.0949. The zero-order chi connectivity index (χ0) is 13.1. The summed E-state index contributed by atoms with van der Waals surface area (Å²) >= 11 is 0. The Morgan fingerprint density at radius 1 is 1.17 bits per heavy atom. The molecule has 1 N–H and O–H groups in total. The summed E-state index contributed by atoms with van der Waals surface area (Å²) in [5, 5.41) is 2.90.